The summed E-state index contributed by atoms with van der Waals surface area (Å²) in [5, 5.41) is 3.22. The van der Waals surface area contributed by atoms with Crippen LogP contribution in [0.1, 0.15) is 32.3 Å². The number of guanidine groups is 1. The molecule has 0 aliphatic carbocycles. The number of nitrogens with zero attached hydrogens (tertiary/aromatic N) is 2. The van der Waals surface area contributed by atoms with Gasteiger partial charge in [-0.3, -0.25) is 9.79 Å². The van der Waals surface area contributed by atoms with Crippen LogP contribution in [-0.2, 0) is 16.0 Å². The molecule has 1 aliphatic rings. The largest absolute Gasteiger partial charge is 0.466 e. The van der Waals surface area contributed by atoms with Gasteiger partial charge in [0.25, 0.3) is 0 Å². The highest BCUT2D eigenvalue weighted by Crippen LogP contribution is 2.18. The van der Waals surface area contributed by atoms with Crippen LogP contribution in [0, 0.1) is 17.6 Å². The van der Waals surface area contributed by atoms with Gasteiger partial charge in [-0.15, -0.1) is 24.0 Å². The van der Waals surface area contributed by atoms with Crippen molar-refractivity contribution in [3.05, 3.63) is 35.4 Å². The Bertz CT molecular complexity index is 643. The van der Waals surface area contributed by atoms with E-state index in [4.69, 9.17) is 4.74 Å². The second-order valence-corrected chi connectivity index (χ2v) is 6.26. The van der Waals surface area contributed by atoms with E-state index in [1.165, 1.54) is 12.1 Å². The number of carbonyl (C=O) groups is 1. The van der Waals surface area contributed by atoms with Crippen LogP contribution in [0.4, 0.5) is 8.78 Å². The molecule has 1 aromatic rings. The van der Waals surface area contributed by atoms with E-state index in [1.807, 2.05) is 6.92 Å². The lowest BCUT2D eigenvalue weighted by atomic mass is 9.98. The molecule has 1 saturated heterocycles. The number of likely N-dealkylation sites (tertiary alicyclic amines) is 1. The molecule has 1 heterocycles. The highest BCUT2D eigenvalue weighted by molar-refractivity contribution is 14.0. The minimum Gasteiger partial charge on any atom is -0.466 e. The van der Waals surface area contributed by atoms with Crippen molar-refractivity contribution in [2.75, 3.05) is 32.8 Å². The third-order valence-corrected chi connectivity index (χ3v) is 4.33. The Morgan fingerprint density at radius 3 is 2.81 bits per heavy atom. The van der Waals surface area contributed by atoms with E-state index >= 15 is 0 Å². The molecule has 1 aromatic carbocycles. The summed E-state index contributed by atoms with van der Waals surface area (Å²) in [6, 6.07) is 3.59. The number of hydrogen-bond acceptors (Lipinski definition) is 3. The summed E-state index contributed by atoms with van der Waals surface area (Å²) in [7, 11) is 0. The summed E-state index contributed by atoms with van der Waals surface area (Å²) in [6.07, 6.45) is 2.09. The van der Waals surface area contributed by atoms with Crippen molar-refractivity contribution in [1.82, 2.24) is 10.2 Å². The smallest absolute Gasteiger partial charge is 0.310 e. The SMILES string of the molecule is CCNC(=NCCc1ccc(F)cc1F)N1CCC[C@@H](C(=O)OCC)C1.I. The second-order valence-electron chi connectivity index (χ2n) is 6.26. The van der Waals surface area contributed by atoms with Gasteiger partial charge in [0.05, 0.1) is 12.5 Å². The van der Waals surface area contributed by atoms with Crippen molar-refractivity contribution in [3.8, 4) is 0 Å². The first kappa shape index (κ1) is 23.6. The van der Waals surface area contributed by atoms with Gasteiger partial charge in [0, 0.05) is 32.2 Å². The molecule has 1 atom stereocenters. The molecule has 0 unspecified atom stereocenters. The maximum absolute atomic E-state index is 13.7. The predicted octanol–water partition coefficient (Wildman–Crippen LogP) is 3.37. The number of ether oxygens (including phenoxy) is 1. The third-order valence-electron chi connectivity index (χ3n) is 4.33. The molecule has 0 aromatic heterocycles. The zero-order chi connectivity index (χ0) is 18.9. The number of nitrogens with one attached hydrogen (secondary N) is 1. The van der Waals surface area contributed by atoms with Crippen molar-refractivity contribution < 1.29 is 18.3 Å². The molecule has 2 rings (SSSR count). The topological polar surface area (TPSA) is 53.9 Å². The van der Waals surface area contributed by atoms with Gasteiger partial charge in [0.15, 0.2) is 5.96 Å². The lowest BCUT2D eigenvalue weighted by Crippen LogP contribution is -2.48. The maximum Gasteiger partial charge on any atom is 0.310 e. The van der Waals surface area contributed by atoms with Crippen molar-refractivity contribution in [2.24, 2.45) is 10.9 Å². The van der Waals surface area contributed by atoms with Gasteiger partial charge in [-0.2, -0.15) is 0 Å². The van der Waals surface area contributed by atoms with Gasteiger partial charge in [-0.05, 0) is 44.7 Å². The van der Waals surface area contributed by atoms with E-state index in [2.05, 4.69) is 15.2 Å². The van der Waals surface area contributed by atoms with Crippen LogP contribution >= 0.6 is 24.0 Å². The second kappa shape index (κ2) is 12.1. The van der Waals surface area contributed by atoms with Crippen molar-refractivity contribution in [2.45, 2.75) is 33.1 Å². The Balaban J connectivity index is 0.00000364. The number of benzene rings is 1. The molecule has 1 fully saturated rings. The van der Waals surface area contributed by atoms with Crippen LogP contribution in [0.5, 0.6) is 0 Å². The summed E-state index contributed by atoms with van der Waals surface area (Å²) in [6.45, 7) is 6.62. The van der Waals surface area contributed by atoms with Crippen LogP contribution in [0.25, 0.3) is 0 Å². The number of halogens is 3. The number of hydrogen-bond donors (Lipinski definition) is 1. The fourth-order valence-corrected chi connectivity index (χ4v) is 3.05. The number of piperidine rings is 1. The lowest BCUT2D eigenvalue weighted by molar-refractivity contribution is -0.149. The first-order valence-electron chi connectivity index (χ1n) is 9.19. The van der Waals surface area contributed by atoms with Crippen LogP contribution < -0.4 is 5.32 Å². The Morgan fingerprint density at radius 1 is 1.37 bits per heavy atom. The summed E-state index contributed by atoms with van der Waals surface area (Å²) in [5.41, 5.74) is 0.439. The zero-order valence-electron chi connectivity index (χ0n) is 15.8. The first-order chi connectivity index (χ1) is 12.5. The van der Waals surface area contributed by atoms with Gasteiger partial charge in [0.2, 0.25) is 0 Å². The maximum atomic E-state index is 13.7. The molecular formula is C19H28F2IN3O2. The van der Waals surface area contributed by atoms with E-state index < -0.39 is 11.6 Å². The average Bonchev–Trinajstić information content (AvgIpc) is 2.63. The average molecular weight is 495 g/mol. The normalized spacial score (nSPS) is 17.3. The molecule has 27 heavy (non-hydrogen) atoms. The lowest BCUT2D eigenvalue weighted by Gasteiger charge is -2.34. The van der Waals surface area contributed by atoms with E-state index in [1.54, 1.807) is 6.92 Å². The molecule has 152 valence electrons. The summed E-state index contributed by atoms with van der Waals surface area (Å²) < 4.78 is 31.8. The zero-order valence-corrected chi connectivity index (χ0v) is 18.2. The van der Waals surface area contributed by atoms with E-state index in [0.717, 1.165) is 25.5 Å². The Hall–Kier alpha value is -1.45. The Labute approximate surface area is 176 Å². The van der Waals surface area contributed by atoms with E-state index in [0.29, 0.717) is 44.2 Å². The molecule has 0 saturated carbocycles. The molecule has 0 radical (unpaired) electrons. The molecule has 0 bridgehead atoms. The minimum atomic E-state index is -0.582. The minimum absolute atomic E-state index is 0. The summed E-state index contributed by atoms with van der Waals surface area (Å²) >= 11 is 0. The van der Waals surface area contributed by atoms with Crippen LogP contribution in [-0.4, -0.2) is 49.6 Å². The molecule has 0 spiro atoms. The Morgan fingerprint density at radius 2 is 2.15 bits per heavy atom. The van der Waals surface area contributed by atoms with Gasteiger partial charge in [0.1, 0.15) is 11.6 Å². The number of aliphatic imine (C=N–C) groups is 1. The number of carbonyl (C=O) groups excluding carboxylic acids is 1. The first-order valence-corrected chi connectivity index (χ1v) is 9.19. The van der Waals surface area contributed by atoms with Gasteiger partial charge >= 0.3 is 5.97 Å². The fraction of sp³-hybridized carbons (Fsp3) is 0.579. The summed E-state index contributed by atoms with van der Waals surface area (Å²) in [4.78, 5) is 18.6. The van der Waals surface area contributed by atoms with Crippen LogP contribution in [0.2, 0.25) is 0 Å². The van der Waals surface area contributed by atoms with Gasteiger partial charge in [-0.1, -0.05) is 6.07 Å². The van der Waals surface area contributed by atoms with E-state index in [-0.39, 0.29) is 35.9 Å². The number of esters is 1. The van der Waals surface area contributed by atoms with Crippen molar-refractivity contribution in [1.29, 1.82) is 0 Å². The molecule has 1 N–H and O–H groups in total. The molecular weight excluding hydrogens is 467 g/mol. The van der Waals surface area contributed by atoms with Gasteiger partial charge in [-0.25, -0.2) is 8.78 Å². The summed E-state index contributed by atoms with van der Waals surface area (Å²) in [5.74, 6) is -0.737. The van der Waals surface area contributed by atoms with Crippen LogP contribution in [0.3, 0.4) is 0 Å². The number of rotatable bonds is 6. The molecule has 5 nitrogen and oxygen atoms in total. The highest BCUT2D eigenvalue weighted by atomic mass is 127. The molecule has 1 aliphatic heterocycles. The van der Waals surface area contributed by atoms with Gasteiger partial charge < -0.3 is 15.0 Å². The predicted molar refractivity (Wildman–Crippen MR) is 112 cm³/mol. The van der Waals surface area contributed by atoms with E-state index in [9.17, 15) is 13.6 Å². The standard InChI is InChI=1S/C19H27F2N3O2.HI/c1-3-22-19(23-10-9-14-7-8-16(20)12-17(14)21)24-11-5-6-15(13-24)18(25)26-4-2;/h7-8,12,15H,3-6,9-11,13H2,1-2H3,(H,22,23);1H/t15-;/m1./s1. The monoisotopic (exact) mass is 495 g/mol. The van der Waals surface area contributed by atoms with Crippen LogP contribution in [0.15, 0.2) is 23.2 Å². The Kier molecular flexibility index (Phi) is 10.6. The highest BCUT2D eigenvalue weighted by Gasteiger charge is 2.28. The fourth-order valence-electron chi connectivity index (χ4n) is 3.05. The quantitative estimate of drug-likeness (QED) is 0.285. The van der Waals surface area contributed by atoms with Crippen molar-refractivity contribution >= 4 is 35.9 Å². The third kappa shape index (κ3) is 7.23. The molecule has 8 heteroatoms. The van der Waals surface area contributed by atoms with Crippen molar-refractivity contribution in [3.63, 3.8) is 0 Å². The molecule has 0 amide bonds.